The molecule has 5 rings (SSSR count). The number of hydrogen-bond acceptors (Lipinski definition) is 6. The van der Waals surface area contributed by atoms with Crippen LogP contribution in [0.1, 0.15) is 60.8 Å². The monoisotopic (exact) mass is 443 g/mol. The molecule has 4 atom stereocenters. The number of benzene rings is 1. The summed E-state index contributed by atoms with van der Waals surface area (Å²) in [5.74, 6) is 4.13. The summed E-state index contributed by atoms with van der Waals surface area (Å²) < 4.78 is 8.20. The Labute approximate surface area is 189 Å². The van der Waals surface area contributed by atoms with Crippen molar-refractivity contribution in [3.63, 3.8) is 0 Å². The highest BCUT2D eigenvalue weighted by Crippen LogP contribution is 2.57. The highest BCUT2D eigenvalue weighted by Gasteiger charge is 2.50. The second-order valence-corrected chi connectivity index (χ2v) is 11.5. The first-order chi connectivity index (χ1) is 14.7. The molecule has 2 aliphatic heterocycles. The fourth-order valence-corrected chi connectivity index (χ4v) is 8.38. The molecule has 2 saturated heterocycles. The van der Waals surface area contributed by atoms with Crippen molar-refractivity contribution < 1.29 is 4.42 Å². The molecule has 1 saturated carbocycles. The Hall–Kier alpha value is -0.950. The Kier molecular flexibility index (Phi) is 6.20. The summed E-state index contributed by atoms with van der Waals surface area (Å²) in [7, 11) is 0. The minimum absolute atomic E-state index is 0.409. The molecule has 3 fully saturated rings. The summed E-state index contributed by atoms with van der Waals surface area (Å²) in [5, 5.41) is 0.409. The van der Waals surface area contributed by atoms with Crippen molar-refractivity contribution in [3.8, 4) is 0 Å². The molecule has 1 spiro atoms. The van der Waals surface area contributed by atoms with Gasteiger partial charge in [-0.05, 0) is 69.5 Å². The third-order valence-electron chi connectivity index (χ3n) is 7.53. The van der Waals surface area contributed by atoms with E-state index in [2.05, 4.69) is 58.4 Å². The first-order valence-electron chi connectivity index (χ1n) is 11.3. The van der Waals surface area contributed by atoms with Crippen LogP contribution >= 0.6 is 23.7 Å². The molecule has 2 aromatic rings. The van der Waals surface area contributed by atoms with Gasteiger partial charge in [0.25, 0.3) is 0 Å². The van der Waals surface area contributed by atoms with Crippen molar-refractivity contribution in [1.82, 2.24) is 14.2 Å². The number of likely N-dealkylation sites (tertiary alicyclic amines) is 1. The van der Waals surface area contributed by atoms with Gasteiger partial charge in [0.05, 0.1) is 16.8 Å². The number of oxazole rings is 1. The standard InChI is InChI=1S/C24H33N3OS2/c1-18-22(28-16-25-18)23-19(2)27(17-29-23)30-14-6-12-26-13-11-24(15-26)10-9-21(24)20-7-4-3-5-8-20/h3-5,7-8,16,19,21,23H,6,9-15,17H2,1-2H3. The summed E-state index contributed by atoms with van der Waals surface area (Å²) in [6.07, 6.45) is 7.04. The van der Waals surface area contributed by atoms with Gasteiger partial charge in [-0.2, -0.15) is 0 Å². The van der Waals surface area contributed by atoms with Gasteiger partial charge in [-0.1, -0.05) is 42.3 Å². The van der Waals surface area contributed by atoms with E-state index in [0.717, 1.165) is 23.2 Å². The Morgan fingerprint density at radius 2 is 2.13 bits per heavy atom. The second-order valence-electron chi connectivity index (χ2n) is 9.25. The quantitative estimate of drug-likeness (QED) is 0.402. The number of nitrogens with zero attached hydrogens (tertiary/aromatic N) is 3. The van der Waals surface area contributed by atoms with Crippen LogP contribution in [0.15, 0.2) is 41.1 Å². The molecule has 3 heterocycles. The molecule has 1 aliphatic carbocycles. The molecule has 0 bridgehead atoms. The van der Waals surface area contributed by atoms with Gasteiger partial charge in [0.1, 0.15) is 5.76 Å². The van der Waals surface area contributed by atoms with E-state index in [-0.39, 0.29) is 0 Å². The molecule has 0 amide bonds. The van der Waals surface area contributed by atoms with Crippen LogP contribution in [-0.4, -0.2) is 51.5 Å². The minimum atomic E-state index is 0.409. The predicted molar refractivity (Wildman–Crippen MR) is 127 cm³/mol. The van der Waals surface area contributed by atoms with Crippen molar-refractivity contribution in [3.05, 3.63) is 53.7 Å². The number of aromatic nitrogens is 1. The average Bonchev–Trinajstić information content (AvgIpc) is 3.45. The predicted octanol–water partition coefficient (Wildman–Crippen LogP) is 5.73. The zero-order valence-electron chi connectivity index (χ0n) is 18.1. The molecule has 30 heavy (non-hydrogen) atoms. The van der Waals surface area contributed by atoms with Gasteiger partial charge in [0.15, 0.2) is 6.39 Å². The van der Waals surface area contributed by atoms with Gasteiger partial charge in [-0.25, -0.2) is 9.29 Å². The van der Waals surface area contributed by atoms with Crippen LogP contribution in [0.2, 0.25) is 0 Å². The van der Waals surface area contributed by atoms with Crippen LogP contribution in [0.4, 0.5) is 0 Å². The van der Waals surface area contributed by atoms with E-state index in [0.29, 0.717) is 16.7 Å². The van der Waals surface area contributed by atoms with Gasteiger partial charge in [-0.15, -0.1) is 11.8 Å². The van der Waals surface area contributed by atoms with Gasteiger partial charge in [-0.3, -0.25) is 0 Å². The van der Waals surface area contributed by atoms with Gasteiger partial charge in [0.2, 0.25) is 0 Å². The largest absolute Gasteiger partial charge is 0.447 e. The van der Waals surface area contributed by atoms with Crippen molar-refractivity contribution in [2.24, 2.45) is 5.41 Å². The number of rotatable bonds is 7. The minimum Gasteiger partial charge on any atom is -0.447 e. The highest BCUT2D eigenvalue weighted by atomic mass is 32.2. The van der Waals surface area contributed by atoms with E-state index < -0.39 is 0 Å². The maximum atomic E-state index is 5.66. The Morgan fingerprint density at radius 1 is 1.27 bits per heavy atom. The van der Waals surface area contributed by atoms with Crippen molar-refractivity contribution >= 4 is 23.7 Å². The molecule has 4 nitrogen and oxygen atoms in total. The Bertz CT molecular complexity index is 844. The molecule has 0 radical (unpaired) electrons. The van der Waals surface area contributed by atoms with Crippen LogP contribution in [0.25, 0.3) is 0 Å². The molecular formula is C24H33N3OS2. The number of aryl methyl sites for hydroxylation is 1. The normalized spacial score (nSPS) is 32.1. The van der Waals surface area contributed by atoms with Crippen LogP contribution in [0.5, 0.6) is 0 Å². The molecule has 3 aliphatic rings. The lowest BCUT2D eigenvalue weighted by molar-refractivity contribution is 0.0973. The Morgan fingerprint density at radius 3 is 2.87 bits per heavy atom. The molecule has 6 heteroatoms. The lowest BCUT2D eigenvalue weighted by Crippen LogP contribution is -2.41. The summed E-state index contributed by atoms with van der Waals surface area (Å²) >= 11 is 4.01. The van der Waals surface area contributed by atoms with Crippen LogP contribution in [0, 0.1) is 12.3 Å². The fraction of sp³-hybridized carbons (Fsp3) is 0.625. The molecule has 162 valence electrons. The summed E-state index contributed by atoms with van der Waals surface area (Å²) in [4.78, 5) is 7.01. The summed E-state index contributed by atoms with van der Waals surface area (Å²) in [6.45, 7) is 8.21. The van der Waals surface area contributed by atoms with E-state index >= 15 is 0 Å². The zero-order chi connectivity index (χ0) is 20.6. The lowest BCUT2D eigenvalue weighted by atomic mass is 9.57. The Balaban J connectivity index is 1.06. The topological polar surface area (TPSA) is 32.5 Å². The first kappa shape index (κ1) is 20.9. The average molecular weight is 444 g/mol. The van der Waals surface area contributed by atoms with E-state index in [1.54, 1.807) is 12.0 Å². The summed E-state index contributed by atoms with van der Waals surface area (Å²) in [5.41, 5.74) is 3.17. The van der Waals surface area contributed by atoms with Crippen LogP contribution < -0.4 is 0 Å². The molecule has 0 N–H and O–H groups in total. The van der Waals surface area contributed by atoms with Crippen molar-refractivity contribution in [2.45, 2.75) is 56.7 Å². The maximum absolute atomic E-state index is 5.66. The number of hydrogen-bond donors (Lipinski definition) is 0. The highest BCUT2D eigenvalue weighted by molar-refractivity contribution is 8.02. The van der Waals surface area contributed by atoms with Crippen LogP contribution in [0.3, 0.4) is 0 Å². The SMILES string of the molecule is Cc1ncoc1C1SCN(SCCCN2CCC3(CCC3c3ccccc3)C2)C1C. The van der Waals surface area contributed by atoms with Gasteiger partial charge < -0.3 is 9.32 Å². The second kappa shape index (κ2) is 8.89. The zero-order valence-corrected chi connectivity index (χ0v) is 19.8. The van der Waals surface area contributed by atoms with Crippen molar-refractivity contribution in [1.29, 1.82) is 0 Å². The summed E-state index contributed by atoms with van der Waals surface area (Å²) in [6, 6.07) is 11.7. The lowest BCUT2D eigenvalue weighted by Gasteiger charge is -2.48. The molecule has 4 unspecified atom stereocenters. The first-order valence-corrected chi connectivity index (χ1v) is 13.3. The van der Waals surface area contributed by atoms with Crippen LogP contribution in [-0.2, 0) is 0 Å². The fourth-order valence-electron chi connectivity index (χ4n) is 5.63. The number of thioether (sulfide) groups is 1. The molecule has 1 aromatic heterocycles. The van der Waals surface area contributed by atoms with Gasteiger partial charge in [0, 0.05) is 18.3 Å². The smallest absolute Gasteiger partial charge is 0.181 e. The van der Waals surface area contributed by atoms with E-state index in [4.69, 9.17) is 4.42 Å². The third kappa shape index (κ3) is 3.96. The van der Waals surface area contributed by atoms with E-state index in [1.165, 1.54) is 51.1 Å². The maximum Gasteiger partial charge on any atom is 0.181 e. The van der Waals surface area contributed by atoms with Gasteiger partial charge >= 0.3 is 0 Å². The van der Waals surface area contributed by atoms with Crippen molar-refractivity contribution in [2.75, 3.05) is 31.3 Å². The molecular weight excluding hydrogens is 410 g/mol. The third-order valence-corrected chi connectivity index (χ3v) is 10.3. The van der Waals surface area contributed by atoms with E-state index in [9.17, 15) is 0 Å². The van der Waals surface area contributed by atoms with E-state index in [1.807, 2.05) is 23.7 Å². The molecule has 1 aromatic carbocycles.